The van der Waals surface area contributed by atoms with Crippen LogP contribution >= 0.6 is 23.2 Å². The third-order valence-corrected chi connectivity index (χ3v) is 7.16. The highest BCUT2D eigenvalue weighted by molar-refractivity contribution is 6.31. The number of nitrogens with one attached hydrogen (secondary N) is 2. The molecule has 3 aromatic carbocycles. The molecule has 0 spiro atoms. The lowest BCUT2D eigenvalue weighted by atomic mass is 10.0. The van der Waals surface area contributed by atoms with Gasteiger partial charge in [0.25, 0.3) is 5.91 Å². The number of carboxylic acid groups (broad SMARTS) is 1. The minimum atomic E-state index is -1.15. The van der Waals surface area contributed by atoms with Crippen LogP contribution in [0.4, 0.5) is 10.5 Å². The maximum absolute atomic E-state index is 12.9. The molecule has 0 fully saturated rings. The monoisotopic (exact) mass is 594 g/mol. The highest BCUT2D eigenvalue weighted by atomic mass is 35.5. The summed E-state index contributed by atoms with van der Waals surface area (Å²) in [6.07, 6.45) is -1.16. The number of rotatable bonds is 9. The molecule has 0 saturated carbocycles. The second-order valence-electron chi connectivity index (χ2n) is 9.40. The summed E-state index contributed by atoms with van der Waals surface area (Å²) in [5, 5.41) is 20.5. The SMILES string of the molecule is Cc1c(NC(=O)OC(C)c2ccccc2Cl)c(-c2ccc(C(=O)NC(Cc3ccc(Cl)cc3)C(=O)O)cc2)nn1C. The number of nitrogens with zero attached hydrogens (tertiary/aromatic N) is 2. The molecule has 41 heavy (non-hydrogen) atoms. The van der Waals surface area contributed by atoms with Gasteiger partial charge in [-0.25, -0.2) is 9.59 Å². The summed E-state index contributed by atoms with van der Waals surface area (Å²) in [5.74, 6) is -1.69. The summed E-state index contributed by atoms with van der Waals surface area (Å²) in [7, 11) is 1.75. The Bertz CT molecular complexity index is 1570. The van der Waals surface area contributed by atoms with E-state index in [1.54, 1.807) is 92.3 Å². The molecule has 0 aliphatic heterocycles. The Morgan fingerprint density at radius 2 is 1.66 bits per heavy atom. The first-order valence-corrected chi connectivity index (χ1v) is 13.4. The van der Waals surface area contributed by atoms with Crippen molar-refractivity contribution < 1.29 is 24.2 Å². The Labute approximate surface area is 247 Å². The van der Waals surface area contributed by atoms with Crippen LogP contribution in [0, 0.1) is 6.92 Å². The van der Waals surface area contributed by atoms with Crippen molar-refractivity contribution in [3.8, 4) is 11.3 Å². The molecule has 0 radical (unpaired) electrons. The Balaban J connectivity index is 1.47. The van der Waals surface area contributed by atoms with Crippen molar-refractivity contribution in [2.75, 3.05) is 5.32 Å². The van der Waals surface area contributed by atoms with E-state index in [9.17, 15) is 19.5 Å². The summed E-state index contributed by atoms with van der Waals surface area (Å²) < 4.78 is 7.17. The number of aliphatic carboxylic acids is 1. The largest absolute Gasteiger partial charge is 0.480 e. The van der Waals surface area contributed by atoms with Gasteiger partial charge in [0.15, 0.2) is 0 Å². The van der Waals surface area contributed by atoms with Crippen LogP contribution in [0.5, 0.6) is 0 Å². The van der Waals surface area contributed by atoms with E-state index in [-0.39, 0.29) is 12.0 Å². The zero-order valence-electron chi connectivity index (χ0n) is 22.5. The average molecular weight is 595 g/mol. The minimum absolute atomic E-state index is 0.101. The van der Waals surface area contributed by atoms with Gasteiger partial charge in [0.05, 0.1) is 11.4 Å². The first-order valence-electron chi connectivity index (χ1n) is 12.7. The highest BCUT2D eigenvalue weighted by Gasteiger charge is 2.23. The predicted octanol–water partition coefficient (Wildman–Crippen LogP) is 6.44. The fourth-order valence-corrected chi connectivity index (χ4v) is 4.61. The van der Waals surface area contributed by atoms with Crippen molar-refractivity contribution in [2.45, 2.75) is 32.4 Å². The number of halogens is 2. The fraction of sp³-hybridized carbons (Fsp3) is 0.200. The molecule has 2 atom stereocenters. The van der Waals surface area contributed by atoms with Gasteiger partial charge in [-0.05, 0) is 49.7 Å². The van der Waals surface area contributed by atoms with Crippen molar-refractivity contribution in [1.82, 2.24) is 15.1 Å². The Morgan fingerprint density at radius 1 is 1.00 bits per heavy atom. The lowest BCUT2D eigenvalue weighted by molar-refractivity contribution is -0.139. The van der Waals surface area contributed by atoms with E-state index in [0.29, 0.717) is 38.2 Å². The molecule has 0 bridgehead atoms. The van der Waals surface area contributed by atoms with Crippen molar-refractivity contribution in [1.29, 1.82) is 0 Å². The Morgan fingerprint density at radius 3 is 2.29 bits per heavy atom. The summed E-state index contributed by atoms with van der Waals surface area (Å²) in [4.78, 5) is 37.4. The van der Waals surface area contributed by atoms with Crippen LogP contribution in [0.25, 0.3) is 11.3 Å². The number of aryl methyl sites for hydroxylation is 1. The van der Waals surface area contributed by atoms with Crippen molar-refractivity contribution >= 4 is 46.9 Å². The first kappa shape index (κ1) is 29.6. The molecule has 4 rings (SSSR count). The van der Waals surface area contributed by atoms with E-state index >= 15 is 0 Å². The number of ether oxygens (including phenoxy) is 1. The zero-order valence-corrected chi connectivity index (χ0v) is 24.0. The molecule has 0 aliphatic rings. The van der Waals surface area contributed by atoms with Crippen LogP contribution < -0.4 is 10.6 Å². The van der Waals surface area contributed by atoms with Crippen molar-refractivity contribution in [3.05, 3.63) is 105 Å². The number of amides is 2. The molecule has 4 aromatic rings. The van der Waals surface area contributed by atoms with E-state index in [0.717, 1.165) is 5.56 Å². The standard InChI is InChI=1S/C30H28Cl2N4O5/c1-17-26(34-30(40)41-18(2)23-6-4-5-7-24(23)32)27(35-36(17)3)20-10-12-21(13-11-20)28(37)33-25(29(38)39)16-19-8-14-22(31)15-9-19/h4-15,18,25H,16H2,1-3H3,(H,33,37)(H,34,40)(H,38,39). The summed E-state index contributed by atoms with van der Waals surface area (Å²) in [5.41, 5.74) is 3.93. The third kappa shape index (κ3) is 7.25. The lowest BCUT2D eigenvalue weighted by Crippen LogP contribution is -2.42. The van der Waals surface area contributed by atoms with Gasteiger partial charge in [-0.15, -0.1) is 0 Å². The second-order valence-corrected chi connectivity index (χ2v) is 10.2. The molecule has 3 N–H and O–H groups in total. The number of hydrogen-bond acceptors (Lipinski definition) is 5. The van der Waals surface area contributed by atoms with Gasteiger partial charge in [-0.3, -0.25) is 14.8 Å². The topological polar surface area (TPSA) is 123 Å². The molecule has 0 saturated heterocycles. The molecular weight excluding hydrogens is 567 g/mol. The molecular formula is C30H28Cl2N4O5. The van der Waals surface area contributed by atoms with E-state index < -0.39 is 30.1 Å². The van der Waals surface area contributed by atoms with Crippen LogP contribution in [-0.2, 0) is 23.0 Å². The normalized spacial score (nSPS) is 12.3. The van der Waals surface area contributed by atoms with Crippen LogP contribution in [0.1, 0.15) is 40.2 Å². The first-order chi connectivity index (χ1) is 19.5. The predicted molar refractivity (Wildman–Crippen MR) is 157 cm³/mol. The average Bonchev–Trinajstić information content (AvgIpc) is 3.22. The van der Waals surface area contributed by atoms with Gasteiger partial charge >= 0.3 is 12.1 Å². The molecule has 2 amide bonds. The van der Waals surface area contributed by atoms with E-state index in [1.807, 2.05) is 6.07 Å². The van der Waals surface area contributed by atoms with Gasteiger partial charge in [0.2, 0.25) is 0 Å². The third-order valence-electron chi connectivity index (χ3n) is 6.57. The second kappa shape index (κ2) is 12.9. The quantitative estimate of drug-likeness (QED) is 0.205. The van der Waals surface area contributed by atoms with Crippen LogP contribution in [0.2, 0.25) is 10.0 Å². The van der Waals surface area contributed by atoms with Crippen LogP contribution in [0.3, 0.4) is 0 Å². The number of aromatic nitrogens is 2. The number of carboxylic acids is 1. The molecule has 2 unspecified atom stereocenters. The maximum atomic E-state index is 12.9. The Kier molecular flexibility index (Phi) is 9.31. The lowest BCUT2D eigenvalue weighted by Gasteiger charge is -2.16. The van der Waals surface area contributed by atoms with Gasteiger partial charge in [0.1, 0.15) is 17.8 Å². The number of benzene rings is 3. The summed E-state index contributed by atoms with van der Waals surface area (Å²) in [6, 6.07) is 19.2. The summed E-state index contributed by atoms with van der Waals surface area (Å²) >= 11 is 12.1. The minimum Gasteiger partial charge on any atom is -0.480 e. The van der Waals surface area contributed by atoms with Gasteiger partial charge < -0.3 is 15.2 Å². The number of hydrogen-bond donors (Lipinski definition) is 3. The Hall–Kier alpha value is -4.34. The number of anilines is 1. The van der Waals surface area contributed by atoms with Gasteiger partial charge in [-0.2, -0.15) is 5.10 Å². The molecule has 1 heterocycles. The summed E-state index contributed by atoms with van der Waals surface area (Å²) in [6.45, 7) is 3.53. The molecule has 11 heteroatoms. The highest BCUT2D eigenvalue weighted by Crippen LogP contribution is 2.31. The number of carbonyl (C=O) groups is 3. The molecule has 9 nitrogen and oxygen atoms in total. The van der Waals surface area contributed by atoms with E-state index in [4.69, 9.17) is 27.9 Å². The van der Waals surface area contributed by atoms with Crippen molar-refractivity contribution in [2.24, 2.45) is 7.05 Å². The number of carbonyl (C=O) groups excluding carboxylic acids is 2. The van der Waals surface area contributed by atoms with E-state index in [1.165, 1.54) is 0 Å². The fourth-order valence-electron chi connectivity index (χ4n) is 4.20. The van der Waals surface area contributed by atoms with Gasteiger partial charge in [0, 0.05) is 40.2 Å². The molecule has 1 aromatic heterocycles. The zero-order chi connectivity index (χ0) is 29.7. The molecule has 212 valence electrons. The van der Waals surface area contributed by atoms with Crippen LogP contribution in [0.15, 0.2) is 72.8 Å². The van der Waals surface area contributed by atoms with Crippen molar-refractivity contribution in [3.63, 3.8) is 0 Å². The smallest absolute Gasteiger partial charge is 0.412 e. The van der Waals surface area contributed by atoms with Crippen LogP contribution in [-0.4, -0.2) is 38.9 Å². The maximum Gasteiger partial charge on any atom is 0.412 e. The molecule has 0 aliphatic carbocycles. The van der Waals surface area contributed by atoms with Gasteiger partial charge in [-0.1, -0.05) is 65.7 Å². The van der Waals surface area contributed by atoms with E-state index in [2.05, 4.69) is 15.7 Å².